The first-order valence-corrected chi connectivity index (χ1v) is 29.3. The second-order valence-corrected chi connectivity index (χ2v) is 20.0. The smallest absolute Gasteiger partial charge is 0.220 e. The van der Waals surface area contributed by atoms with Gasteiger partial charge in [0.25, 0.3) is 0 Å². The fourth-order valence-corrected chi connectivity index (χ4v) is 8.68. The van der Waals surface area contributed by atoms with Gasteiger partial charge >= 0.3 is 0 Å². The van der Waals surface area contributed by atoms with Gasteiger partial charge in [0.05, 0.1) is 32.0 Å². The van der Waals surface area contributed by atoms with Crippen molar-refractivity contribution in [3.63, 3.8) is 0 Å². The van der Waals surface area contributed by atoms with E-state index in [1.807, 2.05) is 6.08 Å². The third kappa shape index (κ3) is 32.9. The van der Waals surface area contributed by atoms with Crippen LogP contribution in [-0.4, -0.2) is 140 Å². The van der Waals surface area contributed by atoms with Crippen molar-refractivity contribution in [2.45, 2.75) is 248 Å². The van der Waals surface area contributed by atoms with Gasteiger partial charge in [-0.3, -0.25) is 4.79 Å². The standard InChI is InChI=1S/C63H103NO13/c1-3-5-7-9-10-11-12-13-14-15-16-17-18-19-20-21-22-23-24-25-26-27-28-29-30-31-32-33-34-35-36-37-38-39-40-41-42-43-45-47-55(68)64-51(52(67)46-44-8-6-4-2)50-74-62-60(73)58(71)61(54(49-66)76-62)77-63-59(72)57(70)56(69)53(48-65)75-63/h5,7,10-11,13-14,16-17,19-20,22-23,25-26,28-29,31-32,44,46,51-54,56-63,65-67,69-73H,3-4,6,8-9,12,15,18,21,24,27,30,33-43,45,47-50H2,1-2H3,(H,64,68)/b7-5-,11-10-,14-13-,17-16-,20-19-,23-22-,26-25-,29-28-,32-31-,46-44+. The fraction of sp³-hybridized carbons (Fsp3) is 0.667. The summed E-state index contributed by atoms with van der Waals surface area (Å²) in [6, 6.07) is -0.919. The SMILES string of the molecule is CC/C=C\C/C=C\C/C=C\C/C=C\C/C=C\C/C=C\C/C=C\C/C=C\C/C=C\CCCCCCCCCCCCCC(=O)NC(COC1OC(CO)C(OC2OC(CO)C(O)C(O)C2O)C(O)C1O)C(O)/C=C/CCCC. The molecule has 2 aliphatic heterocycles. The topological polar surface area (TPSA) is 228 Å². The summed E-state index contributed by atoms with van der Waals surface area (Å²) in [4.78, 5) is 13.1. The Kier molecular flexibility index (Phi) is 42.6. The van der Waals surface area contributed by atoms with E-state index in [0.29, 0.717) is 6.42 Å². The lowest BCUT2D eigenvalue weighted by atomic mass is 9.97. The van der Waals surface area contributed by atoms with Crippen molar-refractivity contribution in [3.05, 3.63) is 122 Å². The van der Waals surface area contributed by atoms with E-state index in [0.717, 1.165) is 103 Å². The first-order valence-electron chi connectivity index (χ1n) is 29.3. The second-order valence-electron chi connectivity index (χ2n) is 20.0. The zero-order valence-electron chi connectivity index (χ0n) is 46.9. The van der Waals surface area contributed by atoms with Crippen molar-refractivity contribution < 1.29 is 64.6 Å². The van der Waals surface area contributed by atoms with Gasteiger partial charge in [0.2, 0.25) is 5.91 Å². The first-order chi connectivity index (χ1) is 37.6. The van der Waals surface area contributed by atoms with Crippen LogP contribution in [0.25, 0.3) is 0 Å². The summed E-state index contributed by atoms with van der Waals surface area (Å²) in [5, 5.41) is 86.2. The highest BCUT2D eigenvalue weighted by molar-refractivity contribution is 5.76. The number of ether oxygens (including phenoxy) is 4. The number of hydrogen-bond donors (Lipinski definition) is 9. The highest BCUT2D eigenvalue weighted by Gasteiger charge is 2.51. The van der Waals surface area contributed by atoms with Gasteiger partial charge in [-0.25, -0.2) is 0 Å². The Hall–Kier alpha value is -3.61. The average molecular weight is 1080 g/mol. The molecular weight excluding hydrogens is 979 g/mol. The Balaban J connectivity index is 1.52. The van der Waals surface area contributed by atoms with Gasteiger partial charge in [0, 0.05) is 6.42 Å². The van der Waals surface area contributed by atoms with E-state index in [4.69, 9.17) is 18.9 Å². The quantitative estimate of drug-likeness (QED) is 0.0205. The molecule has 0 spiro atoms. The number of aliphatic hydroxyl groups excluding tert-OH is 8. The molecule has 2 heterocycles. The van der Waals surface area contributed by atoms with E-state index in [2.05, 4.69) is 129 Å². The number of hydrogen-bond acceptors (Lipinski definition) is 13. The lowest BCUT2D eigenvalue weighted by Crippen LogP contribution is -2.65. The molecule has 0 radical (unpaired) electrons. The number of amides is 1. The van der Waals surface area contributed by atoms with Crippen LogP contribution in [0.2, 0.25) is 0 Å². The van der Waals surface area contributed by atoms with Crippen LogP contribution in [0.1, 0.15) is 174 Å². The number of nitrogens with one attached hydrogen (secondary N) is 1. The molecule has 14 nitrogen and oxygen atoms in total. The molecule has 12 atom stereocenters. The Morgan fingerprint density at radius 3 is 1.36 bits per heavy atom. The highest BCUT2D eigenvalue weighted by atomic mass is 16.7. The van der Waals surface area contributed by atoms with Gasteiger partial charge in [-0.1, -0.05) is 206 Å². The number of allylic oxidation sites excluding steroid dienone is 19. The van der Waals surface area contributed by atoms with Gasteiger partial charge in [0.15, 0.2) is 12.6 Å². The van der Waals surface area contributed by atoms with E-state index in [1.54, 1.807) is 6.08 Å². The summed E-state index contributed by atoms with van der Waals surface area (Å²) in [6.07, 6.45) is 52.1. The van der Waals surface area contributed by atoms with Crippen molar-refractivity contribution in [3.8, 4) is 0 Å². The van der Waals surface area contributed by atoms with Crippen molar-refractivity contribution in [2.75, 3.05) is 19.8 Å². The molecule has 2 saturated heterocycles. The van der Waals surface area contributed by atoms with Crippen molar-refractivity contribution >= 4 is 5.91 Å². The lowest BCUT2D eigenvalue weighted by molar-refractivity contribution is -0.359. The van der Waals surface area contributed by atoms with Crippen molar-refractivity contribution in [2.24, 2.45) is 0 Å². The fourth-order valence-electron chi connectivity index (χ4n) is 8.68. The number of carbonyl (C=O) groups excluding carboxylic acids is 1. The van der Waals surface area contributed by atoms with Crippen LogP contribution in [0.15, 0.2) is 122 Å². The minimum atomic E-state index is -1.79. The van der Waals surface area contributed by atoms with E-state index in [1.165, 1.54) is 44.9 Å². The van der Waals surface area contributed by atoms with Crippen LogP contribution in [0, 0.1) is 0 Å². The van der Waals surface area contributed by atoms with Gasteiger partial charge < -0.3 is 65.1 Å². The lowest BCUT2D eigenvalue weighted by Gasteiger charge is -2.46. The molecule has 9 N–H and O–H groups in total. The predicted molar refractivity (Wildman–Crippen MR) is 308 cm³/mol. The molecule has 2 aliphatic rings. The molecule has 1 amide bonds. The number of unbranched alkanes of at least 4 members (excludes halogenated alkanes) is 13. The van der Waals surface area contributed by atoms with Gasteiger partial charge in [0.1, 0.15) is 48.8 Å². The summed E-state index contributed by atoms with van der Waals surface area (Å²) in [5.41, 5.74) is 0. The normalized spacial score (nSPS) is 25.6. The maximum absolute atomic E-state index is 13.1. The van der Waals surface area contributed by atoms with Crippen molar-refractivity contribution in [1.29, 1.82) is 0 Å². The molecule has 0 saturated carbocycles. The minimum absolute atomic E-state index is 0.259. The summed E-state index contributed by atoms with van der Waals surface area (Å²) in [6.45, 7) is 2.48. The Bertz CT molecular complexity index is 1750. The first kappa shape index (κ1) is 69.5. The van der Waals surface area contributed by atoms with Gasteiger partial charge in [-0.2, -0.15) is 0 Å². The molecular formula is C63H103NO13. The molecule has 0 aromatic heterocycles. The molecule has 438 valence electrons. The van der Waals surface area contributed by atoms with E-state index < -0.39 is 86.8 Å². The predicted octanol–water partition coefficient (Wildman–Crippen LogP) is 9.83. The maximum Gasteiger partial charge on any atom is 0.220 e. The molecule has 2 fully saturated rings. The van der Waals surface area contributed by atoms with E-state index >= 15 is 0 Å². The second kappa shape index (κ2) is 47.2. The van der Waals surface area contributed by atoms with Crippen LogP contribution in [-0.2, 0) is 23.7 Å². The zero-order valence-corrected chi connectivity index (χ0v) is 46.9. The minimum Gasteiger partial charge on any atom is -0.394 e. The van der Waals surface area contributed by atoms with Crippen LogP contribution in [0.5, 0.6) is 0 Å². The van der Waals surface area contributed by atoms with E-state index in [9.17, 15) is 45.6 Å². The van der Waals surface area contributed by atoms with Crippen molar-refractivity contribution in [1.82, 2.24) is 5.32 Å². The van der Waals surface area contributed by atoms with E-state index in [-0.39, 0.29) is 18.9 Å². The Labute approximate surface area is 463 Å². The largest absolute Gasteiger partial charge is 0.394 e. The Morgan fingerprint density at radius 1 is 0.481 bits per heavy atom. The summed E-state index contributed by atoms with van der Waals surface area (Å²) < 4.78 is 22.5. The molecule has 2 rings (SSSR count). The monoisotopic (exact) mass is 1080 g/mol. The Morgan fingerprint density at radius 2 is 0.896 bits per heavy atom. The number of carbonyl (C=O) groups is 1. The highest BCUT2D eigenvalue weighted by Crippen LogP contribution is 2.30. The van der Waals surface area contributed by atoms with Crippen LogP contribution >= 0.6 is 0 Å². The summed E-state index contributed by atoms with van der Waals surface area (Å²) in [5.74, 6) is -0.259. The zero-order chi connectivity index (χ0) is 56.0. The number of rotatable bonds is 44. The van der Waals surface area contributed by atoms with Gasteiger partial charge in [-0.15, -0.1) is 0 Å². The van der Waals surface area contributed by atoms with Crippen LogP contribution < -0.4 is 5.32 Å². The molecule has 0 aromatic carbocycles. The average Bonchev–Trinajstić information content (AvgIpc) is 3.43. The third-order valence-electron chi connectivity index (χ3n) is 13.4. The van der Waals surface area contributed by atoms with Crippen LogP contribution in [0.4, 0.5) is 0 Å². The molecule has 77 heavy (non-hydrogen) atoms. The van der Waals surface area contributed by atoms with Gasteiger partial charge in [-0.05, 0) is 83.5 Å². The molecule has 0 bridgehead atoms. The maximum atomic E-state index is 13.1. The third-order valence-corrected chi connectivity index (χ3v) is 13.4. The van der Waals surface area contributed by atoms with Crippen LogP contribution in [0.3, 0.4) is 0 Å². The molecule has 12 unspecified atom stereocenters. The number of aliphatic hydroxyl groups is 8. The summed E-state index contributed by atoms with van der Waals surface area (Å²) in [7, 11) is 0. The molecule has 0 aromatic rings. The summed E-state index contributed by atoms with van der Waals surface area (Å²) >= 11 is 0. The molecule has 0 aliphatic carbocycles. The molecule has 14 heteroatoms.